The maximum atomic E-state index is 9.92. The minimum Gasteiger partial charge on any atom is -0.309 e. The third-order valence-corrected chi connectivity index (χ3v) is 11.2. The highest BCUT2D eigenvalue weighted by atomic mass is 15.1. The predicted molar refractivity (Wildman–Crippen MR) is 240 cm³/mol. The quantitative estimate of drug-likeness (QED) is 0.168. The van der Waals surface area contributed by atoms with Crippen LogP contribution in [0.1, 0.15) is 11.1 Å². The summed E-state index contributed by atoms with van der Waals surface area (Å²) in [5, 5.41) is 24.0. The Hall–Kier alpha value is -8.65. The molecule has 0 unspecified atom stereocenters. The molecule has 0 aliphatic heterocycles. The van der Waals surface area contributed by atoms with Gasteiger partial charge in [-0.05, 0) is 83.9 Å². The van der Waals surface area contributed by atoms with Crippen LogP contribution in [0.4, 0.5) is 0 Å². The maximum absolute atomic E-state index is 9.92. The van der Waals surface area contributed by atoms with Crippen molar-refractivity contribution >= 4 is 43.6 Å². The lowest BCUT2D eigenvalue weighted by atomic mass is 9.99. The van der Waals surface area contributed by atoms with E-state index >= 15 is 0 Å². The van der Waals surface area contributed by atoms with Crippen LogP contribution >= 0.6 is 0 Å². The molecule has 0 spiro atoms. The fourth-order valence-corrected chi connectivity index (χ4v) is 8.45. The van der Waals surface area contributed by atoms with E-state index in [0.717, 1.165) is 72.0 Å². The highest BCUT2D eigenvalue weighted by Crippen LogP contribution is 2.40. The van der Waals surface area contributed by atoms with E-state index in [4.69, 9.17) is 15.0 Å². The fourth-order valence-electron chi connectivity index (χ4n) is 8.45. The monoisotopic (exact) mass is 765 g/mol. The van der Waals surface area contributed by atoms with Crippen molar-refractivity contribution in [2.24, 2.45) is 0 Å². The number of nitrogens with zero attached hydrogens (tertiary/aromatic N) is 7. The molecule has 3 aromatic heterocycles. The van der Waals surface area contributed by atoms with Crippen LogP contribution in [0.5, 0.6) is 0 Å². The molecule has 7 nitrogen and oxygen atoms in total. The van der Waals surface area contributed by atoms with E-state index in [-0.39, 0.29) is 0 Å². The second kappa shape index (κ2) is 14.1. The molecule has 0 fully saturated rings. The molecule has 11 aromatic rings. The van der Waals surface area contributed by atoms with Crippen molar-refractivity contribution in [3.05, 3.63) is 199 Å². The summed E-state index contributed by atoms with van der Waals surface area (Å²) >= 11 is 0. The Labute approximate surface area is 345 Å². The highest BCUT2D eigenvalue weighted by Gasteiger charge is 2.22. The molecular weight excluding hydrogens is 735 g/mol. The van der Waals surface area contributed by atoms with E-state index in [1.54, 1.807) is 0 Å². The van der Waals surface area contributed by atoms with Crippen molar-refractivity contribution in [3.63, 3.8) is 0 Å². The molecule has 0 bridgehead atoms. The van der Waals surface area contributed by atoms with Crippen LogP contribution in [0.25, 0.3) is 100 Å². The Kier molecular flexibility index (Phi) is 8.11. The molecule has 0 atom stereocenters. The standard InChI is InChI=1S/C53H31N7/c54-32-34-20-25-47-43(28-34)44-29-35(33-55)21-26-48(44)60(47)49-27-23-38(39-22-24-42-41-18-10-11-19-46(41)59(50(42)31-39)40-16-8-3-9-17-40)30-45(49)53-57-51(36-12-4-1-5-13-36)56-52(58-53)37-14-6-2-7-15-37/h1-31H. The molecule has 11 rings (SSSR count). The Morgan fingerprint density at radius 2 is 0.850 bits per heavy atom. The van der Waals surface area contributed by atoms with Gasteiger partial charge in [-0.25, -0.2) is 15.0 Å². The van der Waals surface area contributed by atoms with E-state index in [0.29, 0.717) is 28.6 Å². The van der Waals surface area contributed by atoms with E-state index in [1.807, 2.05) is 103 Å². The van der Waals surface area contributed by atoms with Crippen molar-refractivity contribution in [1.82, 2.24) is 24.1 Å². The number of hydrogen-bond donors (Lipinski definition) is 0. The Bertz CT molecular complexity index is 3430. The molecule has 278 valence electrons. The number of fused-ring (bicyclic) bond motifs is 6. The minimum absolute atomic E-state index is 0.510. The van der Waals surface area contributed by atoms with Crippen LogP contribution in [-0.2, 0) is 0 Å². The van der Waals surface area contributed by atoms with E-state index < -0.39 is 0 Å². The summed E-state index contributed by atoms with van der Waals surface area (Å²) in [5.74, 6) is 1.63. The first-order valence-electron chi connectivity index (χ1n) is 19.6. The second-order valence-electron chi connectivity index (χ2n) is 14.7. The molecule has 60 heavy (non-hydrogen) atoms. The van der Waals surface area contributed by atoms with Gasteiger partial charge < -0.3 is 9.13 Å². The summed E-state index contributed by atoms with van der Waals surface area (Å²) < 4.78 is 4.52. The van der Waals surface area contributed by atoms with Crippen LogP contribution < -0.4 is 0 Å². The van der Waals surface area contributed by atoms with Crippen LogP contribution in [0.15, 0.2) is 188 Å². The van der Waals surface area contributed by atoms with Crippen molar-refractivity contribution in [2.75, 3.05) is 0 Å². The van der Waals surface area contributed by atoms with Gasteiger partial charge >= 0.3 is 0 Å². The smallest absolute Gasteiger partial charge is 0.166 e. The summed E-state index contributed by atoms with van der Waals surface area (Å²) in [6.45, 7) is 0. The first-order chi connectivity index (χ1) is 29.6. The SMILES string of the molecule is N#Cc1ccc2c(c1)c1cc(C#N)ccc1n2-c1ccc(-c2ccc3c4ccccc4n(-c4ccccc4)c3c2)cc1-c1nc(-c2ccccc2)nc(-c2ccccc2)n1. The molecule has 7 heteroatoms. The summed E-state index contributed by atoms with van der Waals surface area (Å²) in [4.78, 5) is 15.5. The number of nitriles is 2. The molecule has 0 saturated carbocycles. The summed E-state index contributed by atoms with van der Waals surface area (Å²) in [7, 11) is 0. The molecule has 0 amide bonds. The number of para-hydroxylation sites is 2. The zero-order valence-corrected chi connectivity index (χ0v) is 32.0. The van der Waals surface area contributed by atoms with Gasteiger partial charge in [-0.1, -0.05) is 115 Å². The van der Waals surface area contributed by atoms with Gasteiger partial charge in [0.05, 0.1) is 51.0 Å². The van der Waals surface area contributed by atoms with E-state index in [2.05, 4.69) is 106 Å². The van der Waals surface area contributed by atoms with Gasteiger partial charge in [0.25, 0.3) is 0 Å². The normalized spacial score (nSPS) is 11.3. The molecule has 3 heterocycles. The number of benzene rings is 8. The molecular formula is C53H31N7. The topological polar surface area (TPSA) is 96.1 Å². The summed E-state index contributed by atoms with van der Waals surface area (Å²) in [6, 6.07) is 68.1. The number of aromatic nitrogens is 5. The number of rotatable bonds is 6. The zero-order chi connectivity index (χ0) is 40.2. The highest BCUT2D eigenvalue weighted by molar-refractivity contribution is 6.12. The Morgan fingerprint density at radius 1 is 0.350 bits per heavy atom. The third kappa shape index (κ3) is 5.69. The van der Waals surface area contributed by atoms with Gasteiger partial charge in [0.15, 0.2) is 17.5 Å². The lowest BCUT2D eigenvalue weighted by Gasteiger charge is -2.16. The zero-order valence-electron chi connectivity index (χ0n) is 32.0. The maximum Gasteiger partial charge on any atom is 0.166 e. The fraction of sp³-hybridized carbons (Fsp3) is 0. The van der Waals surface area contributed by atoms with Gasteiger partial charge in [-0.2, -0.15) is 10.5 Å². The lowest BCUT2D eigenvalue weighted by Crippen LogP contribution is -2.04. The van der Waals surface area contributed by atoms with Crippen LogP contribution in [0.3, 0.4) is 0 Å². The first-order valence-corrected chi connectivity index (χ1v) is 19.6. The first kappa shape index (κ1) is 34.6. The van der Waals surface area contributed by atoms with Crippen molar-refractivity contribution < 1.29 is 0 Å². The average molecular weight is 766 g/mol. The summed E-state index contributed by atoms with van der Waals surface area (Å²) in [5.41, 5.74) is 11.6. The predicted octanol–water partition coefficient (Wildman–Crippen LogP) is 12.5. The van der Waals surface area contributed by atoms with Crippen molar-refractivity contribution in [1.29, 1.82) is 10.5 Å². The lowest BCUT2D eigenvalue weighted by molar-refractivity contribution is 1.06. The largest absolute Gasteiger partial charge is 0.309 e. The third-order valence-electron chi connectivity index (χ3n) is 11.2. The van der Waals surface area contributed by atoms with Gasteiger partial charge in [0.1, 0.15) is 0 Å². The Morgan fingerprint density at radius 3 is 1.47 bits per heavy atom. The molecule has 0 radical (unpaired) electrons. The Balaban J connectivity index is 1.21. The average Bonchev–Trinajstić information content (AvgIpc) is 3.83. The molecule has 0 aliphatic carbocycles. The molecule has 0 aliphatic rings. The van der Waals surface area contributed by atoms with E-state index in [9.17, 15) is 10.5 Å². The van der Waals surface area contributed by atoms with Gasteiger partial charge in [0, 0.05) is 43.9 Å². The van der Waals surface area contributed by atoms with Gasteiger partial charge in [-0.15, -0.1) is 0 Å². The van der Waals surface area contributed by atoms with Gasteiger partial charge in [-0.3, -0.25) is 0 Å². The van der Waals surface area contributed by atoms with Crippen LogP contribution in [0.2, 0.25) is 0 Å². The van der Waals surface area contributed by atoms with Crippen molar-refractivity contribution in [2.45, 2.75) is 0 Å². The van der Waals surface area contributed by atoms with Crippen LogP contribution in [-0.4, -0.2) is 24.1 Å². The van der Waals surface area contributed by atoms with Crippen molar-refractivity contribution in [3.8, 4) is 68.8 Å². The van der Waals surface area contributed by atoms with E-state index in [1.165, 1.54) is 10.8 Å². The van der Waals surface area contributed by atoms with Gasteiger partial charge in [0.2, 0.25) is 0 Å². The molecule has 0 N–H and O–H groups in total. The second-order valence-corrected chi connectivity index (χ2v) is 14.7. The number of hydrogen-bond acceptors (Lipinski definition) is 5. The summed E-state index contributed by atoms with van der Waals surface area (Å²) in [6.07, 6.45) is 0. The molecule has 8 aromatic carbocycles. The minimum atomic E-state index is 0.510. The molecule has 0 saturated heterocycles. The van der Waals surface area contributed by atoms with Crippen LogP contribution in [0, 0.1) is 22.7 Å².